The second-order valence-corrected chi connectivity index (χ2v) is 8.62. The average Bonchev–Trinajstić information content (AvgIpc) is 2.94. The number of hydrogen-bond acceptors (Lipinski definition) is 3. The van der Waals surface area contributed by atoms with E-state index in [1.807, 2.05) is 23.6 Å². The Balaban J connectivity index is 1.87. The van der Waals surface area contributed by atoms with Crippen LogP contribution in [0.3, 0.4) is 0 Å². The Morgan fingerprint density at radius 2 is 1.86 bits per heavy atom. The first-order valence-corrected chi connectivity index (χ1v) is 9.46. The zero-order valence-electron chi connectivity index (χ0n) is 12.2. The summed E-state index contributed by atoms with van der Waals surface area (Å²) >= 11 is 1.72. The highest BCUT2D eigenvalue weighted by Gasteiger charge is 2.28. The molecule has 2 aromatic rings. The first-order chi connectivity index (χ1) is 9.98. The van der Waals surface area contributed by atoms with Gasteiger partial charge in [-0.25, -0.2) is 8.42 Å². The van der Waals surface area contributed by atoms with Gasteiger partial charge in [-0.15, -0.1) is 11.3 Å². The third-order valence-electron chi connectivity index (χ3n) is 3.96. The Morgan fingerprint density at radius 1 is 1.14 bits per heavy atom. The minimum Gasteiger partial charge on any atom is -0.207 e. The van der Waals surface area contributed by atoms with E-state index in [1.54, 1.807) is 27.8 Å². The van der Waals surface area contributed by atoms with Crippen LogP contribution in [0.15, 0.2) is 40.6 Å². The number of hydrogen-bond donors (Lipinski definition) is 0. The molecule has 0 saturated carbocycles. The molecule has 0 bridgehead atoms. The van der Waals surface area contributed by atoms with Gasteiger partial charge in [0.25, 0.3) is 0 Å². The molecule has 0 aliphatic carbocycles. The van der Waals surface area contributed by atoms with Crippen molar-refractivity contribution in [2.75, 3.05) is 6.54 Å². The predicted molar refractivity (Wildman–Crippen MR) is 86.1 cm³/mol. The van der Waals surface area contributed by atoms with Crippen LogP contribution in [0.5, 0.6) is 0 Å². The van der Waals surface area contributed by atoms with Crippen LogP contribution in [0.1, 0.15) is 35.8 Å². The van der Waals surface area contributed by atoms with Gasteiger partial charge in [-0.2, -0.15) is 4.31 Å². The van der Waals surface area contributed by atoms with Crippen LogP contribution in [0.2, 0.25) is 0 Å². The van der Waals surface area contributed by atoms with E-state index in [0.29, 0.717) is 23.9 Å². The van der Waals surface area contributed by atoms with Crippen molar-refractivity contribution >= 4 is 21.4 Å². The van der Waals surface area contributed by atoms with Gasteiger partial charge < -0.3 is 0 Å². The molecule has 0 unspecified atom stereocenters. The maximum atomic E-state index is 12.7. The van der Waals surface area contributed by atoms with Crippen molar-refractivity contribution in [1.29, 1.82) is 0 Å². The van der Waals surface area contributed by atoms with Crippen LogP contribution >= 0.6 is 11.3 Å². The van der Waals surface area contributed by atoms with E-state index in [-0.39, 0.29) is 0 Å². The number of fused-ring (bicyclic) bond motifs is 1. The topological polar surface area (TPSA) is 37.4 Å². The molecule has 1 aliphatic heterocycles. The third kappa shape index (κ3) is 2.78. The Morgan fingerprint density at radius 3 is 2.52 bits per heavy atom. The van der Waals surface area contributed by atoms with E-state index in [4.69, 9.17) is 0 Å². The van der Waals surface area contributed by atoms with Crippen molar-refractivity contribution in [1.82, 2.24) is 4.31 Å². The van der Waals surface area contributed by atoms with E-state index in [2.05, 4.69) is 13.8 Å². The number of thiophene rings is 1. The highest BCUT2D eigenvalue weighted by atomic mass is 32.2. The van der Waals surface area contributed by atoms with Gasteiger partial charge in [0, 0.05) is 18.0 Å². The molecule has 0 atom stereocenters. The summed E-state index contributed by atoms with van der Waals surface area (Å²) in [6, 6.07) is 9.32. The van der Waals surface area contributed by atoms with Gasteiger partial charge in [-0.1, -0.05) is 26.0 Å². The van der Waals surface area contributed by atoms with Crippen molar-refractivity contribution in [2.24, 2.45) is 0 Å². The molecule has 5 heteroatoms. The molecular formula is C16H19NO2S2. The van der Waals surface area contributed by atoms with Gasteiger partial charge in [-0.3, -0.25) is 0 Å². The van der Waals surface area contributed by atoms with Crippen LogP contribution in [-0.2, 0) is 23.0 Å². The van der Waals surface area contributed by atoms with Crippen molar-refractivity contribution in [3.05, 3.63) is 51.7 Å². The second kappa shape index (κ2) is 5.55. The maximum absolute atomic E-state index is 12.7. The summed E-state index contributed by atoms with van der Waals surface area (Å²) in [7, 11) is -3.39. The molecule has 1 aliphatic rings. The van der Waals surface area contributed by atoms with Crippen LogP contribution in [-0.4, -0.2) is 19.3 Å². The summed E-state index contributed by atoms with van der Waals surface area (Å²) in [4.78, 5) is 1.71. The lowest BCUT2D eigenvalue weighted by molar-refractivity contribution is 0.394. The number of benzene rings is 1. The molecule has 1 aromatic heterocycles. The third-order valence-corrected chi connectivity index (χ3v) is 6.84. The summed E-state index contributed by atoms with van der Waals surface area (Å²) in [5.41, 5.74) is 2.31. The Kier molecular flexibility index (Phi) is 3.90. The minimum atomic E-state index is -3.39. The standard InChI is InChI=1S/C16H19NO2S2/c1-12(2)13-3-5-15(6-4-13)21(18,19)17-9-7-16-14(11-17)8-10-20-16/h3-6,8,10,12H,7,9,11H2,1-2H3. The predicted octanol–water partition coefficient (Wildman–Crippen LogP) is 3.62. The molecule has 0 spiro atoms. The lowest BCUT2D eigenvalue weighted by atomic mass is 10.0. The van der Waals surface area contributed by atoms with Gasteiger partial charge in [0.15, 0.2) is 0 Å². The van der Waals surface area contributed by atoms with Crippen LogP contribution < -0.4 is 0 Å². The molecule has 2 heterocycles. The quantitative estimate of drug-likeness (QED) is 0.866. The Labute approximate surface area is 130 Å². The average molecular weight is 321 g/mol. The van der Waals surface area contributed by atoms with E-state index < -0.39 is 10.0 Å². The number of nitrogens with zero attached hydrogens (tertiary/aromatic N) is 1. The normalized spacial score (nSPS) is 16.1. The molecule has 0 N–H and O–H groups in total. The lowest BCUT2D eigenvalue weighted by Gasteiger charge is -2.26. The molecule has 0 radical (unpaired) electrons. The fraction of sp³-hybridized carbons (Fsp3) is 0.375. The molecule has 112 valence electrons. The van der Waals surface area contributed by atoms with Gasteiger partial charge in [0.2, 0.25) is 10.0 Å². The van der Waals surface area contributed by atoms with Gasteiger partial charge in [0.1, 0.15) is 0 Å². The maximum Gasteiger partial charge on any atom is 0.243 e. The zero-order valence-corrected chi connectivity index (χ0v) is 13.9. The summed E-state index contributed by atoms with van der Waals surface area (Å²) in [6.45, 7) is 5.27. The SMILES string of the molecule is CC(C)c1ccc(S(=O)(=O)N2CCc3sccc3C2)cc1. The lowest BCUT2D eigenvalue weighted by Crippen LogP contribution is -2.35. The van der Waals surface area contributed by atoms with E-state index >= 15 is 0 Å². The molecule has 0 saturated heterocycles. The zero-order chi connectivity index (χ0) is 15.0. The van der Waals surface area contributed by atoms with E-state index in [9.17, 15) is 8.42 Å². The summed E-state index contributed by atoms with van der Waals surface area (Å²) in [5, 5.41) is 2.04. The minimum absolute atomic E-state index is 0.394. The second-order valence-electron chi connectivity index (χ2n) is 5.68. The van der Waals surface area contributed by atoms with E-state index in [0.717, 1.165) is 17.5 Å². The van der Waals surface area contributed by atoms with Crippen LogP contribution in [0, 0.1) is 0 Å². The summed E-state index contributed by atoms with van der Waals surface area (Å²) < 4.78 is 27.0. The monoisotopic (exact) mass is 321 g/mol. The molecule has 0 amide bonds. The van der Waals surface area contributed by atoms with Crippen molar-refractivity contribution in [3.8, 4) is 0 Å². The molecular weight excluding hydrogens is 302 g/mol. The largest absolute Gasteiger partial charge is 0.243 e. The fourth-order valence-electron chi connectivity index (χ4n) is 2.60. The van der Waals surface area contributed by atoms with Crippen LogP contribution in [0.25, 0.3) is 0 Å². The van der Waals surface area contributed by atoms with Gasteiger partial charge in [0.05, 0.1) is 4.90 Å². The van der Waals surface area contributed by atoms with Crippen LogP contribution in [0.4, 0.5) is 0 Å². The molecule has 21 heavy (non-hydrogen) atoms. The van der Waals surface area contributed by atoms with Crippen molar-refractivity contribution in [2.45, 2.75) is 37.6 Å². The van der Waals surface area contributed by atoms with Crippen molar-refractivity contribution < 1.29 is 8.42 Å². The number of sulfonamides is 1. The van der Waals surface area contributed by atoms with Gasteiger partial charge in [-0.05, 0) is 47.0 Å². The van der Waals surface area contributed by atoms with Gasteiger partial charge >= 0.3 is 0 Å². The number of rotatable bonds is 3. The molecule has 0 fully saturated rings. The smallest absolute Gasteiger partial charge is 0.207 e. The van der Waals surface area contributed by atoms with E-state index in [1.165, 1.54) is 4.88 Å². The Bertz CT molecular complexity index is 730. The fourth-order valence-corrected chi connectivity index (χ4v) is 4.91. The molecule has 3 rings (SSSR count). The first kappa shape index (κ1) is 14.8. The molecule has 1 aromatic carbocycles. The first-order valence-electron chi connectivity index (χ1n) is 7.14. The highest BCUT2D eigenvalue weighted by Crippen LogP contribution is 2.28. The van der Waals surface area contributed by atoms with Crippen molar-refractivity contribution in [3.63, 3.8) is 0 Å². The Hall–Kier alpha value is -1.17. The molecule has 3 nitrogen and oxygen atoms in total. The highest BCUT2D eigenvalue weighted by molar-refractivity contribution is 7.89. The summed E-state index contributed by atoms with van der Waals surface area (Å²) in [5.74, 6) is 0.408. The summed E-state index contributed by atoms with van der Waals surface area (Å²) in [6.07, 6.45) is 0.816.